The van der Waals surface area contributed by atoms with Crippen LogP contribution in [0.5, 0.6) is 0 Å². The van der Waals surface area contributed by atoms with Crippen LogP contribution in [0.25, 0.3) is 0 Å². The third-order valence-electron chi connectivity index (χ3n) is 4.30. The van der Waals surface area contributed by atoms with E-state index >= 15 is 0 Å². The molecule has 4 nitrogen and oxygen atoms in total. The summed E-state index contributed by atoms with van der Waals surface area (Å²) in [5.74, 6) is -0.563. The van der Waals surface area contributed by atoms with Gasteiger partial charge >= 0.3 is 0 Å². The van der Waals surface area contributed by atoms with E-state index in [1.165, 1.54) is 12.1 Å². The number of pyridine rings is 1. The summed E-state index contributed by atoms with van der Waals surface area (Å²) >= 11 is 0. The topological polar surface area (TPSA) is 67.3 Å². The standard InChI is InChI=1S/C13H16FNO3S/c1-8-2-5-11(14)12(15-8)13(16)6-9-3-4-10(7-13)19(9,17)18/h2,5,9-10,16H,3-4,6-7H2,1H3. The van der Waals surface area contributed by atoms with Gasteiger partial charge in [0.25, 0.3) is 0 Å². The minimum Gasteiger partial charge on any atom is -0.383 e. The molecule has 1 aromatic heterocycles. The van der Waals surface area contributed by atoms with E-state index in [2.05, 4.69) is 4.98 Å². The van der Waals surface area contributed by atoms with Gasteiger partial charge in [0.05, 0.1) is 10.5 Å². The number of nitrogens with zero attached hydrogens (tertiary/aromatic N) is 1. The van der Waals surface area contributed by atoms with Crippen molar-refractivity contribution in [3.05, 3.63) is 29.3 Å². The molecule has 1 N–H and O–H groups in total. The van der Waals surface area contributed by atoms with E-state index < -0.39 is 31.8 Å². The van der Waals surface area contributed by atoms with Gasteiger partial charge in [0, 0.05) is 5.69 Å². The smallest absolute Gasteiger partial charge is 0.156 e. The summed E-state index contributed by atoms with van der Waals surface area (Å²) in [6.45, 7) is 1.72. The molecule has 19 heavy (non-hydrogen) atoms. The van der Waals surface area contributed by atoms with Crippen molar-refractivity contribution in [1.29, 1.82) is 0 Å². The van der Waals surface area contributed by atoms with Crippen LogP contribution in [0.3, 0.4) is 0 Å². The molecule has 0 spiro atoms. The van der Waals surface area contributed by atoms with Crippen molar-refractivity contribution < 1.29 is 17.9 Å². The zero-order valence-corrected chi connectivity index (χ0v) is 11.5. The van der Waals surface area contributed by atoms with E-state index in [0.29, 0.717) is 18.5 Å². The molecular formula is C13H16FNO3S. The van der Waals surface area contributed by atoms with Gasteiger partial charge in [-0.1, -0.05) is 0 Å². The fraction of sp³-hybridized carbons (Fsp3) is 0.615. The maximum Gasteiger partial charge on any atom is 0.156 e. The van der Waals surface area contributed by atoms with Gasteiger partial charge in [-0.2, -0.15) is 0 Å². The number of fused-ring (bicyclic) bond motifs is 2. The van der Waals surface area contributed by atoms with E-state index in [4.69, 9.17) is 0 Å². The maximum absolute atomic E-state index is 13.9. The number of sulfone groups is 1. The summed E-state index contributed by atoms with van der Waals surface area (Å²) in [4.78, 5) is 4.09. The second-order valence-electron chi connectivity index (χ2n) is 5.63. The number of hydrogen-bond acceptors (Lipinski definition) is 4. The first-order chi connectivity index (χ1) is 8.83. The second-order valence-corrected chi connectivity index (χ2v) is 8.14. The first kappa shape index (κ1) is 13.0. The maximum atomic E-state index is 13.9. The number of hydrogen-bond donors (Lipinski definition) is 1. The highest BCUT2D eigenvalue weighted by Crippen LogP contribution is 2.47. The Hall–Kier alpha value is -1.01. The van der Waals surface area contributed by atoms with Gasteiger partial charge in [0.1, 0.15) is 17.1 Å². The van der Waals surface area contributed by atoms with Crippen molar-refractivity contribution in [2.24, 2.45) is 0 Å². The number of aromatic nitrogens is 1. The monoisotopic (exact) mass is 285 g/mol. The molecular weight excluding hydrogens is 269 g/mol. The summed E-state index contributed by atoms with van der Waals surface area (Å²) in [6, 6.07) is 2.82. The Morgan fingerprint density at radius 1 is 1.32 bits per heavy atom. The quantitative estimate of drug-likeness (QED) is 0.848. The SMILES string of the molecule is Cc1ccc(F)c(C2(O)CC3CCC(C2)S3(=O)=O)n1. The fourth-order valence-corrected chi connectivity index (χ4v) is 5.79. The molecule has 2 fully saturated rings. The van der Waals surface area contributed by atoms with Crippen molar-refractivity contribution in [2.75, 3.05) is 0 Å². The number of halogens is 1. The summed E-state index contributed by atoms with van der Waals surface area (Å²) < 4.78 is 37.9. The Morgan fingerprint density at radius 3 is 2.47 bits per heavy atom. The highest BCUT2D eigenvalue weighted by molar-refractivity contribution is 7.93. The Balaban J connectivity index is 2.04. The van der Waals surface area contributed by atoms with Crippen molar-refractivity contribution in [2.45, 2.75) is 48.7 Å². The molecule has 0 radical (unpaired) electrons. The van der Waals surface area contributed by atoms with Gasteiger partial charge in [-0.15, -0.1) is 0 Å². The van der Waals surface area contributed by atoms with Gasteiger partial charge in [-0.3, -0.25) is 4.98 Å². The zero-order valence-electron chi connectivity index (χ0n) is 10.6. The summed E-state index contributed by atoms with van der Waals surface area (Å²) in [6.07, 6.45) is 1.23. The van der Waals surface area contributed by atoms with Crippen LogP contribution in [-0.2, 0) is 15.4 Å². The number of rotatable bonds is 1. The number of aryl methyl sites for hydroxylation is 1. The molecule has 1 aromatic rings. The zero-order chi connectivity index (χ0) is 13.8. The van der Waals surface area contributed by atoms with E-state index in [1.54, 1.807) is 6.92 Å². The summed E-state index contributed by atoms with van der Waals surface area (Å²) in [5.41, 5.74) is -0.835. The van der Waals surface area contributed by atoms with Crippen molar-refractivity contribution >= 4 is 9.84 Å². The van der Waals surface area contributed by atoms with Gasteiger partial charge in [0.15, 0.2) is 9.84 Å². The summed E-state index contributed by atoms with van der Waals surface area (Å²) in [7, 11) is -3.14. The van der Waals surface area contributed by atoms with Crippen molar-refractivity contribution in [1.82, 2.24) is 4.98 Å². The van der Waals surface area contributed by atoms with E-state index in [9.17, 15) is 17.9 Å². The summed E-state index contributed by atoms with van der Waals surface area (Å²) in [5, 5.41) is 9.58. The highest BCUT2D eigenvalue weighted by atomic mass is 32.2. The predicted molar refractivity (Wildman–Crippen MR) is 67.8 cm³/mol. The van der Waals surface area contributed by atoms with Crippen LogP contribution < -0.4 is 0 Å². The lowest BCUT2D eigenvalue weighted by atomic mass is 9.89. The number of aliphatic hydroxyl groups is 1. The molecule has 6 heteroatoms. The average Bonchev–Trinajstić information content (AvgIpc) is 2.53. The van der Waals surface area contributed by atoms with Crippen LogP contribution in [-0.4, -0.2) is 29.0 Å². The normalized spacial score (nSPS) is 36.4. The molecule has 2 atom stereocenters. The van der Waals surface area contributed by atoms with Crippen LogP contribution in [0.2, 0.25) is 0 Å². The van der Waals surface area contributed by atoms with Crippen LogP contribution in [0.4, 0.5) is 4.39 Å². The first-order valence-electron chi connectivity index (χ1n) is 6.42. The Labute approximate surface area is 111 Å². The highest BCUT2D eigenvalue weighted by Gasteiger charge is 2.54. The Bertz CT molecular complexity index is 609. The van der Waals surface area contributed by atoms with Crippen LogP contribution in [0.15, 0.2) is 12.1 Å². The van der Waals surface area contributed by atoms with Gasteiger partial charge in [-0.05, 0) is 44.7 Å². The van der Waals surface area contributed by atoms with E-state index in [-0.39, 0.29) is 18.5 Å². The lowest BCUT2D eigenvalue weighted by Gasteiger charge is -2.35. The molecule has 0 aliphatic carbocycles. The van der Waals surface area contributed by atoms with Crippen molar-refractivity contribution in [3.8, 4) is 0 Å². The van der Waals surface area contributed by atoms with Gasteiger partial charge < -0.3 is 5.11 Å². The molecule has 2 bridgehead atoms. The predicted octanol–water partition coefficient (Wildman–Crippen LogP) is 1.46. The third kappa shape index (κ3) is 1.89. The Kier molecular flexibility index (Phi) is 2.73. The lowest BCUT2D eigenvalue weighted by Crippen LogP contribution is -2.44. The molecule has 0 saturated carbocycles. The molecule has 0 amide bonds. The lowest BCUT2D eigenvalue weighted by molar-refractivity contribution is 0.00931. The van der Waals surface area contributed by atoms with Gasteiger partial charge in [-0.25, -0.2) is 12.8 Å². The van der Waals surface area contributed by atoms with E-state index in [1.807, 2.05) is 0 Å². The van der Waals surface area contributed by atoms with Crippen LogP contribution in [0.1, 0.15) is 37.1 Å². The molecule has 0 aromatic carbocycles. The molecule has 3 heterocycles. The van der Waals surface area contributed by atoms with Crippen molar-refractivity contribution in [3.63, 3.8) is 0 Å². The van der Waals surface area contributed by atoms with Gasteiger partial charge in [0.2, 0.25) is 0 Å². The second kappa shape index (κ2) is 3.99. The third-order valence-corrected chi connectivity index (χ3v) is 6.96. The molecule has 2 saturated heterocycles. The molecule has 2 aliphatic heterocycles. The molecule has 2 unspecified atom stereocenters. The van der Waals surface area contributed by atoms with Crippen LogP contribution in [0, 0.1) is 12.7 Å². The fourth-order valence-electron chi connectivity index (χ4n) is 3.30. The van der Waals surface area contributed by atoms with E-state index in [0.717, 1.165) is 0 Å². The molecule has 3 rings (SSSR count). The minimum absolute atomic E-state index is 0.000648. The molecule has 104 valence electrons. The first-order valence-corrected chi connectivity index (χ1v) is 8.02. The van der Waals surface area contributed by atoms with Crippen LogP contribution >= 0.6 is 0 Å². The average molecular weight is 285 g/mol. The Morgan fingerprint density at radius 2 is 1.89 bits per heavy atom. The largest absolute Gasteiger partial charge is 0.383 e. The minimum atomic E-state index is -3.14. The molecule has 2 aliphatic rings.